The van der Waals surface area contributed by atoms with E-state index in [0.717, 1.165) is 16.2 Å². The minimum Gasteiger partial charge on any atom is -0.497 e. The molecule has 0 N–H and O–H groups in total. The number of rotatable bonds is 5. The Bertz CT molecular complexity index is 518. The van der Waals surface area contributed by atoms with E-state index < -0.39 is 6.09 Å². The minimum atomic E-state index is -0.533. The van der Waals surface area contributed by atoms with Crippen molar-refractivity contribution in [3.05, 3.63) is 23.8 Å². The highest BCUT2D eigenvalue weighted by atomic mass is 32.2. The largest absolute Gasteiger partial charge is 0.497 e. The SMILES string of the molecule is COc1ccc(CCC(=O)N2CCOC2=O)c(SC)c1. The molecule has 1 saturated heterocycles. The van der Waals surface area contributed by atoms with Gasteiger partial charge in [-0.2, -0.15) is 0 Å². The Morgan fingerprint density at radius 2 is 2.30 bits per heavy atom. The van der Waals surface area contributed by atoms with Gasteiger partial charge >= 0.3 is 6.09 Å². The number of methoxy groups -OCH3 is 1. The summed E-state index contributed by atoms with van der Waals surface area (Å²) < 4.78 is 9.94. The minimum absolute atomic E-state index is 0.185. The summed E-state index contributed by atoms with van der Waals surface area (Å²) in [5, 5.41) is 0. The molecule has 2 amide bonds. The molecule has 0 aromatic heterocycles. The summed E-state index contributed by atoms with van der Waals surface area (Å²) >= 11 is 1.61. The van der Waals surface area contributed by atoms with E-state index in [1.807, 2.05) is 24.5 Å². The van der Waals surface area contributed by atoms with Gasteiger partial charge in [-0.15, -0.1) is 11.8 Å². The fraction of sp³-hybridized carbons (Fsp3) is 0.429. The van der Waals surface area contributed by atoms with Crippen LogP contribution in [-0.2, 0) is 16.0 Å². The Labute approximate surface area is 122 Å². The standard InChI is InChI=1S/C14H17NO4S/c1-18-11-5-3-10(12(9-11)20-2)4-6-13(16)15-7-8-19-14(15)17/h3,5,9H,4,6-8H2,1-2H3. The molecule has 1 aliphatic heterocycles. The maximum Gasteiger partial charge on any atom is 0.416 e. The predicted molar refractivity (Wildman–Crippen MR) is 76.2 cm³/mol. The molecule has 6 heteroatoms. The van der Waals surface area contributed by atoms with Gasteiger partial charge in [0, 0.05) is 11.3 Å². The van der Waals surface area contributed by atoms with E-state index >= 15 is 0 Å². The third kappa shape index (κ3) is 3.25. The molecule has 0 atom stereocenters. The van der Waals surface area contributed by atoms with Crippen molar-refractivity contribution in [1.82, 2.24) is 4.90 Å². The number of benzene rings is 1. The highest BCUT2D eigenvalue weighted by Gasteiger charge is 2.27. The lowest BCUT2D eigenvalue weighted by molar-refractivity contribution is -0.127. The number of hydrogen-bond acceptors (Lipinski definition) is 5. The summed E-state index contributed by atoms with van der Waals surface area (Å²) in [6.45, 7) is 0.652. The van der Waals surface area contributed by atoms with Crippen molar-refractivity contribution in [2.24, 2.45) is 0 Å². The van der Waals surface area contributed by atoms with Gasteiger partial charge in [-0.05, 0) is 30.4 Å². The lowest BCUT2D eigenvalue weighted by atomic mass is 10.1. The van der Waals surface area contributed by atoms with Crippen molar-refractivity contribution in [3.8, 4) is 5.75 Å². The molecule has 0 saturated carbocycles. The van der Waals surface area contributed by atoms with Crippen LogP contribution < -0.4 is 4.74 Å². The molecule has 0 radical (unpaired) electrons. The van der Waals surface area contributed by atoms with E-state index in [-0.39, 0.29) is 5.91 Å². The molecule has 0 spiro atoms. The smallest absolute Gasteiger partial charge is 0.416 e. The third-order valence-electron chi connectivity index (χ3n) is 3.16. The van der Waals surface area contributed by atoms with E-state index in [4.69, 9.17) is 9.47 Å². The summed E-state index contributed by atoms with van der Waals surface area (Å²) in [5.74, 6) is 0.614. The average Bonchev–Trinajstić information content (AvgIpc) is 2.90. The molecule has 0 unspecified atom stereocenters. The predicted octanol–water partition coefficient (Wildman–Crippen LogP) is 2.33. The van der Waals surface area contributed by atoms with E-state index in [2.05, 4.69) is 0 Å². The normalized spacial score (nSPS) is 14.3. The topological polar surface area (TPSA) is 55.8 Å². The van der Waals surface area contributed by atoms with Crippen LogP contribution in [0.3, 0.4) is 0 Å². The van der Waals surface area contributed by atoms with E-state index in [1.165, 1.54) is 4.90 Å². The van der Waals surface area contributed by atoms with Crippen LogP contribution in [0.25, 0.3) is 0 Å². The lowest BCUT2D eigenvalue weighted by Gasteiger charge is -2.12. The molecule has 1 aromatic carbocycles. The summed E-state index contributed by atoms with van der Waals surface area (Å²) in [6, 6.07) is 5.79. The van der Waals surface area contributed by atoms with Gasteiger partial charge in [0.15, 0.2) is 0 Å². The van der Waals surface area contributed by atoms with E-state index in [9.17, 15) is 9.59 Å². The summed E-state index contributed by atoms with van der Waals surface area (Å²) in [6.07, 6.45) is 2.35. The second-order valence-corrected chi connectivity index (χ2v) is 5.19. The van der Waals surface area contributed by atoms with Crippen LogP contribution >= 0.6 is 11.8 Å². The molecule has 1 heterocycles. The molecule has 5 nitrogen and oxygen atoms in total. The monoisotopic (exact) mass is 295 g/mol. The Morgan fingerprint density at radius 1 is 1.50 bits per heavy atom. The van der Waals surface area contributed by atoms with Gasteiger partial charge in [-0.1, -0.05) is 6.07 Å². The van der Waals surface area contributed by atoms with Crippen molar-refractivity contribution in [2.45, 2.75) is 17.7 Å². The van der Waals surface area contributed by atoms with Gasteiger partial charge in [0.05, 0.1) is 13.7 Å². The summed E-state index contributed by atoms with van der Waals surface area (Å²) in [7, 11) is 1.63. The number of carbonyl (C=O) groups is 2. The van der Waals surface area contributed by atoms with Crippen LogP contribution in [0.4, 0.5) is 4.79 Å². The molecule has 1 fully saturated rings. The molecule has 108 valence electrons. The van der Waals surface area contributed by atoms with Crippen LogP contribution in [-0.4, -0.2) is 43.4 Å². The van der Waals surface area contributed by atoms with Gasteiger partial charge in [0.2, 0.25) is 5.91 Å². The number of imide groups is 1. The maximum absolute atomic E-state index is 11.9. The van der Waals surface area contributed by atoms with Crippen LogP contribution in [0, 0.1) is 0 Å². The number of cyclic esters (lactones) is 1. The zero-order valence-electron chi connectivity index (χ0n) is 11.5. The number of amides is 2. The zero-order valence-corrected chi connectivity index (χ0v) is 12.4. The molecular formula is C14H17NO4S. The number of aryl methyl sites for hydroxylation is 1. The van der Waals surface area contributed by atoms with E-state index in [1.54, 1.807) is 18.9 Å². The fourth-order valence-corrected chi connectivity index (χ4v) is 2.72. The first-order chi connectivity index (χ1) is 9.65. The highest BCUT2D eigenvalue weighted by Crippen LogP contribution is 2.26. The summed E-state index contributed by atoms with van der Waals surface area (Å²) in [4.78, 5) is 25.5. The number of hydrogen-bond donors (Lipinski definition) is 0. The molecule has 1 aliphatic rings. The second kappa shape index (κ2) is 6.65. The Kier molecular flexibility index (Phi) is 4.89. The van der Waals surface area contributed by atoms with Gasteiger partial charge in [0.1, 0.15) is 12.4 Å². The number of nitrogens with zero attached hydrogens (tertiary/aromatic N) is 1. The van der Waals surface area contributed by atoms with Crippen LogP contribution in [0.2, 0.25) is 0 Å². The van der Waals surface area contributed by atoms with Crippen molar-refractivity contribution in [3.63, 3.8) is 0 Å². The van der Waals surface area contributed by atoms with Crippen molar-refractivity contribution >= 4 is 23.8 Å². The number of carbonyl (C=O) groups excluding carboxylic acids is 2. The first-order valence-electron chi connectivity index (χ1n) is 6.33. The second-order valence-electron chi connectivity index (χ2n) is 4.34. The fourth-order valence-electron chi connectivity index (χ4n) is 2.05. The summed E-state index contributed by atoms with van der Waals surface area (Å²) in [5.41, 5.74) is 1.08. The molecule has 0 bridgehead atoms. The van der Waals surface area contributed by atoms with Crippen LogP contribution in [0.5, 0.6) is 5.75 Å². The lowest BCUT2D eigenvalue weighted by Crippen LogP contribution is -2.31. The average molecular weight is 295 g/mol. The molecule has 0 aliphatic carbocycles. The Hall–Kier alpha value is -1.69. The first kappa shape index (κ1) is 14.7. The van der Waals surface area contributed by atoms with Crippen LogP contribution in [0.15, 0.2) is 23.1 Å². The van der Waals surface area contributed by atoms with Gasteiger partial charge < -0.3 is 9.47 Å². The van der Waals surface area contributed by atoms with Crippen molar-refractivity contribution < 1.29 is 19.1 Å². The molecule has 1 aromatic rings. The number of thioether (sulfide) groups is 1. The molecular weight excluding hydrogens is 278 g/mol. The molecule has 2 rings (SSSR count). The van der Waals surface area contributed by atoms with Gasteiger partial charge in [0.25, 0.3) is 0 Å². The highest BCUT2D eigenvalue weighted by molar-refractivity contribution is 7.98. The van der Waals surface area contributed by atoms with Crippen molar-refractivity contribution in [2.75, 3.05) is 26.5 Å². The first-order valence-corrected chi connectivity index (χ1v) is 7.56. The van der Waals surface area contributed by atoms with Gasteiger partial charge in [-0.3, -0.25) is 4.79 Å². The third-order valence-corrected chi connectivity index (χ3v) is 3.98. The van der Waals surface area contributed by atoms with Crippen molar-refractivity contribution in [1.29, 1.82) is 0 Å². The quantitative estimate of drug-likeness (QED) is 0.780. The van der Waals surface area contributed by atoms with Crippen LogP contribution in [0.1, 0.15) is 12.0 Å². The Morgan fingerprint density at radius 3 is 2.90 bits per heavy atom. The zero-order chi connectivity index (χ0) is 14.5. The van der Waals surface area contributed by atoms with E-state index in [0.29, 0.717) is 26.0 Å². The molecule has 20 heavy (non-hydrogen) atoms. The maximum atomic E-state index is 11.9. The number of ether oxygens (including phenoxy) is 2. The Balaban J connectivity index is 2.00. The van der Waals surface area contributed by atoms with Gasteiger partial charge in [-0.25, -0.2) is 9.69 Å².